The molecule has 0 aliphatic heterocycles. The molecule has 1 aromatic carbocycles. The van der Waals surface area contributed by atoms with Gasteiger partial charge in [0.2, 0.25) is 0 Å². The summed E-state index contributed by atoms with van der Waals surface area (Å²) in [5.74, 6) is -19.9. The quantitative estimate of drug-likeness (QED) is 0.772. The summed E-state index contributed by atoms with van der Waals surface area (Å²) in [6.07, 6.45) is -9.79. The van der Waals surface area contributed by atoms with Crippen molar-refractivity contribution >= 4 is 6.08 Å². The predicted molar refractivity (Wildman–Crippen MR) is 62.4 cm³/mol. The lowest BCUT2D eigenvalue weighted by atomic mass is 9.98. The summed E-state index contributed by atoms with van der Waals surface area (Å²) in [6.45, 7) is 0. The second-order valence-corrected chi connectivity index (χ2v) is 4.48. The standard InChI is InChI=1S/C13H9F9O/c14-10(15,11(16,17)12(18,19)13(20,21)22)9(23)7-6-8-4-2-1-3-5-8/h1-7,9,23H/b7-6+. The SMILES string of the molecule is OC(/C=C/c1ccccc1)C(F)(F)C(F)(F)C(F)(F)C(F)(F)F. The predicted octanol–water partition coefficient (Wildman–Crippen LogP) is 4.53. The number of halogens is 9. The third kappa shape index (κ3) is 3.46. The zero-order valence-electron chi connectivity index (χ0n) is 11.0. The Morgan fingerprint density at radius 2 is 1.26 bits per heavy atom. The highest BCUT2D eigenvalue weighted by Crippen LogP contribution is 2.54. The first kappa shape index (κ1) is 19.3. The molecular weight excluding hydrogens is 343 g/mol. The normalized spacial score (nSPS) is 15.9. The average molecular weight is 352 g/mol. The van der Waals surface area contributed by atoms with Gasteiger partial charge >= 0.3 is 23.9 Å². The van der Waals surface area contributed by atoms with Crippen molar-refractivity contribution in [1.29, 1.82) is 0 Å². The third-order valence-electron chi connectivity index (χ3n) is 2.81. The van der Waals surface area contributed by atoms with Crippen molar-refractivity contribution in [2.45, 2.75) is 30.0 Å². The molecule has 10 heteroatoms. The van der Waals surface area contributed by atoms with Crippen molar-refractivity contribution in [3.05, 3.63) is 42.0 Å². The maximum Gasteiger partial charge on any atom is 0.460 e. The molecule has 1 atom stereocenters. The molecule has 1 unspecified atom stereocenters. The van der Waals surface area contributed by atoms with Crippen LogP contribution in [-0.2, 0) is 0 Å². The van der Waals surface area contributed by atoms with Gasteiger partial charge < -0.3 is 5.11 Å². The molecule has 0 fully saturated rings. The van der Waals surface area contributed by atoms with E-state index in [1.165, 1.54) is 30.3 Å². The highest BCUT2D eigenvalue weighted by Gasteiger charge is 2.82. The maximum atomic E-state index is 13.3. The molecule has 0 saturated carbocycles. The highest BCUT2D eigenvalue weighted by atomic mass is 19.4. The van der Waals surface area contributed by atoms with Crippen LogP contribution in [0.1, 0.15) is 5.56 Å². The number of benzene rings is 1. The van der Waals surface area contributed by atoms with Crippen LogP contribution in [0.25, 0.3) is 6.08 Å². The molecule has 0 spiro atoms. The van der Waals surface area contributed by atoms with E-state index < -0.39 is 30.0 Å². The second kappa shape index (κ2) is 6.06. The fourth-order valence-electron chi connectivity index (χ4n) is 1.46. The lowest BCUT2D eigenvalue weighted by Gasteiger charge is -2.35. The first-order valence-corrected chi connectivity index (χ1v) is 5.86. The summed E-state index contributed by atoms with van der Waals surface area (Å²) < 4.78 is 114. The van der Waals surface area contributed by atoms with Crippen LogP contribution in [0.5, 0.6) is 0 Å². The fourth-order valence-corrected chi connectivity index (χ4v) is 1.46. The minimum atomic E-state index is -7.02. The number of rotatable bonds is 5. The van der Waals surface area contributed by atoms with Crippen LogP contribution in [0.3, 0.4) is 0 Å². The van der Waals surface area contributed by atoms with E-state index in [9.17, 15) is 39.5 Å². The van der Waals surface area contributed by atoms with E-state index in [1.807, 2.05) is 0 Å². The van der Waals surface area contributed by atoms with E-state index in [1.54, 1.807) is 0 Å². The summed E-state index contributed by atoms with van der Waals surface area (Å²) >= 11 is 0. The van der Waals surface area contributed by atoms with Crippen molar-refractivity contribution in [1.82, 2.24) is 0 Å². The summed E-state index contributed by atoms with van der Waals surface area (Å²) in [6, 6.07) is 6.93. The number of hydrogen-bond acceptors (Lipinski definition) is 1. The zero-order chi connectivity index (χ0) is 18.1. The van der Waals surface area contributed by atoms with Gasteiger partial charge in [-0.2, -0.15) is 39.5 Å². The minimum absolute atomic E-state index is 0.00962. The molecule has 0 amide bonds. The molecule has 0 aromatic heterocycles. The van der Waals surface area contributed by atoms with Gasteiger partial charge in [-0.1, -0.05) is 36.4 Å². The molecule has 0 radical (unpaired) electrons. The van der Waals surface area contributed by atoms with Crippen LogP contribution >= 0.6 is 0 Å². The molecule has 0 aliphatic carbocycles. The summed E-state index contributed by atoms with van der Waals surface area (Å²) in [5.41, 5.74) is 0.133. The molecular formula is C13H9F9O. The van der Waals surface area contributed by atoms with Crippen LogP contribution in [0.4, 0.5) is 39.5 Å². The lowest BCUT2D eigenvalue weighted by Crippen LogP contribution is -2.64. The van der Waals surface area contributed by atoms with Crippen LogP contribution in [0.15, 0.2) is 36.4 Å². The monoisotopic (exact) mass is 352 g/mol. The average Bonchev–Trinajstić information content (AvgIpc) is 2.44. The van der Waals surface area contributed by atoms with Gasteiger partial charge in [-0.15, -0.1) is 0 Å². The molecule has 0 saturated heterocycles. The van der Waals surface area contributed by atoms with Crippen molar-refractivity contribution in [3.8, 4) is 0 Å². The van der Waals surface area contributed by atoms with E-state index in [0.29, 0.717) is 6.08 Å². The van der Waals surface area contributed by atoms with Crippen molar-refractivity contribution < 1.29 is 44.6 Å². The Morgan fingerprint density at radius 1 is 0.783 bits per heavy atom. The van der Waals surface area contributed by atoms with Gasteiger partial charge in [0.25, 0.3) is 0 Å². The topological polar surface area (TPSA) is 20.2 Å². The molecule has 23 heavy (non-hydrogen) atoms. The largest absolute Gasteiger partial charge is 0.460 e. The van der Waals surface area contributed by atoms with Crippen LogP contribution in [-0.4, -0.2) is 35.2 Å². The number of aliphatic hydroxyl groups is 1. The molecule has 1 aromatic rings. The Labute approximate surface area is 124 Å². The van der Waals surface area contributed by atoms with E-state index in [2.05, 4.69) is 0 Å². The van der Waals surface area contributed by atoms with Gasteiger partial charge in [0, 0.05) is 0 Å². The Morgan fingerprint density at radius 3 is 1.70 bits per heavy atom. The first-order valence-electron chi connectivity index (χ1n) is 5.86. The van der Waals surface area contributed by atoms with Crippen LogP contribution in [0, 0.1) is 0 Å². The van der Waals surface area contributed by atoms with Crippen molar-refractivity contribution in [3.63, 3.8) is 0 Å². The highest BCUT2D eigenvalue weighted by molar-refractivity contribution is 5.49. The molecule has 0 aliphatic rings. The number of alkyl halides is 9. The van der Waals surface area contributed by atoms with Crippen molar-refractivity contribution in [2.24, 2.45) is 0 Å². The molecule has 0 heterocycles. The van der Waals surface area contributed by atoms with Crippen LogP contribution < -0.4 is 0 Å². The fraction of sp³-hybridized carbons (Fsp3) is 0.385. The Hall–Kier alpha value is -1.71. The van der Waals surface area contributed by atoms with Gasteiger partial charge in [-0.3, -0.25) is 0 Å². The summed E-state index contributed by atoms with van der Waals surface area (Å²) in [4.78, 5) is 0. The van der Waals surface area contributed by atoms with E-state index in [0.717, 1.165) is 0 Å². The molecule has 1 nitrogen and oxygen atoms in total. The molecule has 1 N–H and O–H groups in total. The number of hydrogen-bond donors (Lipinski definition) is 1. The Balaban J connectivity index is 3.11. The van der Waals surface area contributed by atoms with Gasteiger partial charge in [0.15, 0.2) is 0 Å². The van der Waals surface area contributed by atoms with Gasteiger partial charge in [0.1, 0.15) is 6.10 Å². The van der Waals surface area contributed by atoms with Gasteiger partial charge in [-0.25, -0.2) is 0 Å². The van der Waals surface area contributed by atoms with E-state index in [4.69, 9.17) is 5.11 Å². The lowest BCUT2D eigenvalue weighted by molar-refractivity contribution is -0.403. The van der Waals surface area contributed by atoms with Gasteiger partial charge in [0.05, 0.1) is 0 Å². The first-order chi connectivity index (χ1) is 10.2. The number of aliphatic hydroxyl groups excluding tert-OH is 1. The molecule has 0 bridgehead atoms. The van der Waals surface area contributed by atoms with Crippen molar-refractivity contribution in [2.75, 3.05) is 0 Å². The zero-order valence-corrected chi connectivity index (χ0v) is 11.0. The van der Waals surface area contributed by atoms with Crippen LogP contribution in [0.2, 0.25) is 0 Å². The van der Waals surface area contributed by atoms with Gasteiger partial charge in [-0.05, 0) is 11.6 Å². The smallest absolute Gasteiger partial charge is 0.382 e. The Bertz CT molecular complexity index is 548. The Kier molecular flexibility index (Phi) is 5.10. The van der Waals surface area contributed by atoms with E-state index >= 15 is 0 Å². The molecule has 1 rings (SSSR count). The molecule has 130 valence electrons. The summed E-state index contributed by atoms with van der Waals surface area (Å²) in [7, 11) is 0. The minimum Gasteiger partial charge on any atom is -0.382 e. The van der Waals surface area contributed by atoms with E-state index in [-0.39, 0.29) is 11.6 Å². The third-order valence-corrected chi connectivity index (χ3v) is 2.81. The second-order valence-electron chi connectivity index (χ2n) is 4.48. The summed E-state index contributed by atoms with van der Waals surface area (Å²) in [5, 5.41) is 8.99. The maximum absolute atomic E-state index is 13.3.